The first-order valence-electron chi connectivity index (χ1n) is 4.85. The van der Waals surface area contributed by atoms with Gasteiger partial charge in [0.05, 0.1) is 11.1 Å². The van der Waals surface area contributed by atoms with Crippen LogP contribution in [-0.2, 0) is 10.0 Å². The number of benzene rings is 1. The highest BCUT2D eigenvalue weighted by atomic mass is 35.5. The number of hydrogen-bond acceptors (Lipinski definition) is 3. The minimum absolute atomic E-state index is 0.103. The average Bonchev–Trinajstić information content (AvgIpc) is 2.12. The molecule has 0 aromatic heterocycles. The van der Waals surface area contributed by atoms with Gasteiger partial charge in [0.15, 0.2) is 0 Å². The molecule has 2 rings (SSSR count). The molecule has 4 nitrogen and oxygen atoms in total. The minimum atomic E-state index is -3.54. The van der Waals surface area contributed by atoms with Crippen LogP contribution in [0.25, 0.3) is 0 Å². The Morgan fingerprint density at radius 1 is 1.44 bits per heavy atom. The molecule has 0 unspecified atom stereocenters. The molecule has 0 radical (unpaired) electrons. The molecule has 1 aliphatic heterocycles. The highest BCUT2D eigenvalue weighted by Crippen LogP contribution is 2.28. The van der Waals surface area contributed by atoms with E-state index < -0.39 is 16.1 Å². The van der Waals surface area contributed by atoms with Crippen molar-refractivity contribution in [3.05, 3.63) is 28.8 Å². The van der Waals surface area contributed by atoms with Crippen LogP contribution in [0.4, 0.5) is 0 Å². The number of sulfonamides is 1. The summed E-state index contributed by atoms with van der Waals surface area (Å²) in [6.45, 7) is 2.13. The Bertz CT molecular complexity index is 509. The molecule has 0 atom stereocenters. The van der Waals surface area contributed by atoms with E-state index in [1.54, 1.807) is 12.1 Å². The van der Waals surface area contributed by atoms with Gasteiger partial charge < -0.3 is 5.11 Å². The zero-order valence-corrected chi connectivity index (χ0v) is 10.3. The number of hydrogen-bond donors (Lipinski definition) is 1. The number of rotatable bonds is 2. The summed E-state index contributed by atoms with van der Waals surface area (Å²) in [7, 11) is -3.54. The van der Waals surface area contributed by atoms with Crippen LogP contribution in [0.3, 0.4) is 0 Å². The van der Waals surface area contributed by atoms with Crippen LogP contribution in [0.15, 0.2) is 23.1 Å². The first kappa shape index (κ1) is 11.9. The van der Waals surface area contributed by atoms with Crippen molar-refractivity contribution in [1.29, 1.82) is 0 Å². The van der Waals surface area contributed by atoms with Crippen molar-refractivity contribution in [2.45, 2.75) is 17.9 Å². The number of β-amino-alcohol motifs (C(OH)–C–C–N with tert-alkyl or cyclic N) is 1. The van der Waals surface area contributed by atoms with Gasteiger partial charge >= 0.3 is 0 Å². The van der Waals surface area contributed by atoms with E-state index >= 15 is 0 Å². The predicted octanol–water partition coefficient (Wildman–Crippen LogP) is 1.01. The Hall–Kier alpha value is -0.620. The lowest BCUT2D eigenvalue weighted by Crippen LogP contribution is -2.53. The fourth-order valence-electron chi connectivity index (χ4n) is 1.57. The molecule has 1 aromatic rings. The maximum atomic E-state index is 12.0. The fraction of sp³-hybridized carbons (Fsp3) is 0.400. The highest BCUT2D eigenvalue weighted by Gasteiger charge is 2.36. The Labute approximate surface area is 99.5 Å². The number of halogens is 1. The van der Waals surface area contributed by atoms with Crippen molar-refractivity contribution in [2.75, 3.05) is 13.1 Å². The summed E-state index contributed by atoms with van der Waals surface area (Å²) in [6, 6.07) is 4.82. The summed E-state index contributed by atoms with van der Waals surface area (Å²) < 4.78 is 25.3. The topological polar surface area (TPSA) is 57.6 Å². The van der Waals surface area contributed by atoms with E-state index in [9.17, 15) is 8.42 Å². The molecule has 0 bridgehead atoms. The highest BCUT2D eigenvalue weighted by molar-refractivity contribution is 7.89. The van der Waals surface area contributed by atoms with Crippen LogP contribution < -0.4 is 0 Å². The molecular formula is C10H12ClNO3S. The summed E-state index contributed by atoms with van der Waals surface area (Å²) in [5.41, 5.74) is 0.910. The van der Waals surface area contributed by atoms with Crippen molar-refractivity contribution in [3.8, 4) is 0 Å². The van der Waals surface area contributed by atoms with E-state index in [2.05, 4.69) is 0 Å². The molecule has 6 heteroatoms. The van der Waals surface area contributed by atoms with Crippen molar-refractivity contribution in [2.24, 2.45) is 0 Å². The third-order valence-electron chi connectivity index (χ3n) is 2.53. The predicted molar refractivity (Wildman–Crippen MR) is 61.0 cm³/mol. The second-order valence-corrected chi connectivity index (χ2v) is 6.22. The van der Waals surface area contributed by atoms with Gasteiger partial charge in [-0.15, -0.1) is 0 Å². The Balaban J connectivity index is 2.36. The number of nitrogens with zero attached hydrogens (tertiary/aromatic N) is 1. The van der Waals surface area contributed by atoms with Gasteiger partial charge in [-0.25, -0.2) is 8.42 Å². The number of aryl methyl sites for hydroxylation is 1. The molecule has 1 heterocycles. The van der Waals surface area contributed by atoms with E-state index in [0.29, 0.717) is 0 Å². The smallest absolute Gasteiger partial charge is 0.244 e. The molecule has 1 N–H and O–H groups in total. The largest absolute Gasteiger partial charge is 0.390 e. The lowest BCUT2D eigenvalue weighted by molar-refractivity contribution is 0.0548. The van der Waals surface area contributed by atoms with Gasteiger partial charge in [0.1, 0.15) is 4.90 Å². The van der Waals surface area contributed by atoms with Crippen molar-refractivity contribution in [3.63, 3.8) is 0 Å². The van der Waals surface area contributed by atoms with Crippen LogP contribution in [-0.4, -0.2) is 37.0 Å². The zero-order valence-electron chi connectivity index (χ0n) is 8.72. The van der Waals surface area contributed by atoms with Crippen molar-refractivity contribution in [1.82, 2.24) is 4.31 Å². The van der Waals surface area contributed by atoms with Crippen LogP contribution in [0.5, 0.6) is 0 Å². The van der Waals surface area contributed by atoms with Gasteiger partial charge in [0, 0.05) is 13.1 Å². The van der Waals surface area contributed by atoms with Crippen LogP contribution in [0.2, 0.25) is 5.02 Å². The van der Waals surface area contributed by atoms with E-state index in [4.69, 9.17) is 16.7 Å². The third kappa shape index (κ3) is 1.96. The summed E-state index contributed by atoms with van der Waals surface area (Å²) >= 11 is 5.91. The van der Waals surface area contributed by atoms with E-state index in [0.717, 1.165) is 5.56 Å². The van der Waals surface area contributed by atoms with Crippen LogP contribution in [0, 0.1) is 6.92 Å². The summed E-state index contributed by atoms with van der Waals surface area (Å²) in [4.78, 5) is 0.103. The maximum Gasteiger partial charge on any atom is 0.244 e. The minimum Gasteiger partial charge on any atom is -0.390 e. The quantitative estimate of drug-likeness (QED) is 0.865. The molecule has 0 spiro atoms. The van der Waals surface area contributed by atoms with E-state index in [-0.39, 0.29) is 23.0 Å². The molecule has 0 amide bonds. The monoisotopic (exact) mass is 261 g/mol. The average molecular weight is 262 g/mol. The summed E-state index contributed by atoms with van der Waals surface area (Å²) in [6.07, 6.45) is -0.556. The molecule has 1 saturated heterocycles. The van der Waals surface area contributed by atoms with Crippen LogP contribution in [0.1, 0.15) is 5.56 Å². The summed E-state index contributed by atoms with van der Waals surface area (Å²) in [5, 5.41) is 9.33. The van der Waals surface area contributed by atoms with E-state index in [1.807, 2.05) is 6.92 Å². The number of aliphatic hydroxyl groups is 1. The third-order valence-corrected chi connectivity index (χ3v) is 4.85. The molecule has 1 aromatic carbocycles. The zero-order chi connectivity index (χ0) is 11.9. The molecule has 0 aliphatic carbocycles. The van der Waals surface area contributed by atoms with Gasteiger partial charge in [-0.05, 0) is 24.6 Å². The lowest BCUT2D eigenvalue weighted by Gasteiger charge is -2.34. The van der Waals surface area contributed by atoms with Gasteiger partial charge in [-0.2, -0.15) is 4.31 Å². The SMILES string of the molecule is Cc1ccc(S(=O)(=O)N2CC(O)C2)c(Cl)c1. The van der Waals surface area contributed by atoms with Gasteiger partial charge in [0.25, 0.3) is 0 Å². The van der Waals surface area contributed by atoms with E-state index in [1.165, 1.54) is 10.4 Å². The molecular weight excluding hydrogens is 250 g/mol. The van der Waals surface area contributed by atoms with Crippen molar-refractivity contribution < 1.29 is 13.5 Å². The molecule has 1 fully saturated rings. The first-order chi connectivity index (χ1) is 7.41. The molecule has 0 saturated carbocycles. The van der Waals surface area contributed by atoms with Crippen LogP contribution >= 0.6 is 11.6 Å². The maximum absolute atomic E-state index is 12.0. The van der Waals surface area contributed by atoms with Gasteiger partial charge in [-0.3, -0.25) is 0 Å². The Morgan fingerprint density at radius 2 is 2.06 bits per heavy atom. The van der Waals surface area contributed by atoms with Gasteiger partial charge in [-0.1, -0.05) is 17.7 Å². The Kier molecular flexibility index (Phi) is 2.96. The second-order valence-electron chi connectivity index (χ2n) is 3.91. The molecule has 88 valence electrons. The number of aliphatic hydroxyl groups excluding tert-OH is 1. The molecule has 16 heavy (non-hydrogen) atoms. The summed E-state index contributed by atoms with van der Waals surface area (Å²) in [5.74, 6) is 0. The fourth-order valence-corrected chi connectivity index (χ4v) is 3.65. The van der Waals surface area contributed by atoms with Crippen molar-refractivity contribution >= 4 is 21.6 Å². The molecule has 1 aliphatic rings. The van der Waals surface area contributed by atoms with Gasteiger partial charge in [0.2, 0.25) is 10.0 Å². The Morgan fingerprint density at radius 3 is 2.56 bits per heavy atom. The lowest BCUT2D eigenvalue weighted by atomic mass is 10.2. The first-order valence-corrected chi connectivity index (χ1v) is 6.67. The normalized spacial score (nSPS) is 18.4. The standard InChI is InChI=1S/C10H12ClNO3S/c1-7-2-3-10(9(11)4-7)16(14,15)12-5-8(13)6-12/h2-4,8,13H,5-6H2,1H3. The second kappa shape index (κ2) is 4.00.